The van der Waals surface area contributed by atoms with E-state index in [2.05, 4.69) is 20.9 Å². The van der Waals surface area contributed by atoms with E-state index in [0.29, 0.717) is 9.99 Å². The van der Waals surface area contributed by atoms with E-state index in [0.717, 1.165) is 27.3 Å². The normalized spacial score (nSPS) is 11.4. The Hall–Kier alpha value is -2.20. The standard InChI is InChI=1S/C16H9BrN2O/c17-13-15-14(9-5-1-2-6-10(9)16(13)20)18-11-7-3-4-8-12(11)19-15/h1-8,20H. The Bertz CT molecular complexity index is 982. The van der Waals surface area contributed by atoms with Crippen molar-refractivity contribution in [1.82, 2.24) is 9.97 Å². The highest BCUT2D eigenvalue weighted by Gasteiger charge is 2.14. The van der Waals surface area contributed by atoms with Crippen LogP contribution in [0.4, 0.5) is 0 Å². The molecular formula is C16H9BrN2O. The van der Waals surface area contributed by atoms with Gasteiger partial charge in [0.25, 0.3) is 0 Å². The van der Waals surface area contributed by atoms with Crippen molar-refractivity contribution in [3.8, 4) is 5.75 Å². The molecule has 0 unspecified atom stereocenters. The summed E-state index contributed by atoms with van der Waals surface area (Å²) >= 11 is 3.44. The number of fused-ring (bicyclic) bond motifs is 4. The lowest BCUT2D eigenvalue weighted by molar-refractivity contribution is 0.479. The molecule has 4 heteroatoms. The second-order valence-electron chi connectivity index (χ2n) is 4.62. The minimum absolute atomic E-state index is 0.206. The number of benzene rings is 3. The third-order valence-corrected chi connectivity index (χ3v) is 4.17. The molecule has 1 aromatic heterocycles. The smallest absolute Gasteiger partial charge is 0.139 e. The zero-order valence-electron chi connectivity index (χ0n) is 10.3. The summed E-state index contributed by atoms with van der Waals surface area (Å²) in [5.74, 6) is 0.206. The molecule has 0 saturated heterocycles. The Morgan fingerprint density at radius 3 is 2.00 bits per heavy atom. The minimum atomic E-state index is 0.206. The third kappa shape index (κ3) is 1.51. The largest absolute Gasteiger partial charge is 0.506 e. The topological polar surface area (TPSA) is 46.0 Å². The van der Waals surface area contributed by atoms with Gasteiger partial charge in [-0.2, -0.15) is 0 Å². The van der Waals surface area contributed by atoms with Crippen LogP contribution in [-0.2, 0) is 0 Å². The summed E-state index contributed by atoms with van der Waals surface area (Å²) < 4.78 is 0.587. The van der Waals surface area contributed by atoms with Crippen molar-refractivity contribution in [3.63, 3.8) is 0 Å². The molecule has 1 N–H and O–H groups in total. The van der Waals surface area contributed by atoms with E-state index < -0.39 is 0 Å². The van der Waals surface area contributed by atoms with Crippen LogP contribution in [0.3, 0.4) is 0 Å². The minimum Gasteiger partial charge on any atom is -0.506 e. The van der Waals surface area contributed by atoms with Crippen molar-refractivity contribution in [3.05, 3.63) is 53.0 Å². The lowest BCUT2D eigenvalue weighted by Gasteiger charge is -2.09. The summed E-state index contributed by atoms with van der Waals surface area (Å²) in [6, 6.07) is 15.4. The van der Waals surface area contributed by atoms with E-state index in [9.17, 15) is 5.11 Å². The fourth-order valence-corrected chi connectivity index (χ4v) is 2.96. The van der Waals surface area contributed by atoms with E-state index in [-0.39, 0.29) is 5.75 Å². The van der Waals surface area contributed by atoms with Crippen LogP contribution in [0.5, 0.6) is 5.75 Å². The van der Waals surface area contributed by atoms with Crippen LogP contribution in [0.15, 0.2) is 53.0 Å². The number of rotatable bonds is 0. The Morgan fingerprint density at radius 2 is 1.30 bits per heavy atom. The highest BCUT2D eigenvalue weighted by Crippen LogP contribution is 2.39. The second-order valence-corrected chi connectivity index (χ2v) is 5.41. The van der Waals surface area contributed by atoms with Gasteiger partial charge in [-0.15, -0.1) is 0 Å². The summed E-state index contributed by atoms with van der Waals surface area (Å²) in [5, 5.41) is 12.0. The summed E-state index contributed by atoms with van der Waals surface area (Å²) in [5.41, 5.74) is 3.14. The fraction of sp³-hybridized carbons (Fsp3) is 0. The number of phenols is 1. The first-order valence-corrected chi connectivity index (χ1v) is 7.00. The first kappa shape index (κ1) is 11.6. The van der Waals surface area contributed by atoms with Gasteiger partial charge in [0.05, 0.1) is 21.0 Å². The number of hydrogen-bond acceptors (Lipinski definition) is 3. The molecule has 0 bridgehead atoms. The third-order valence-electron chi connectivity index (χ3n) is 3.42. The van der Waals surface area contributed by atoms with Crippen molar-refractivity contribution in [2.75, 3.05) is 0 Å². The van der Waals surface area contributed by atoms with Crippen LogP contribution in [0.2, 0.25) is 0 Å². The van der Waals surface area contributed by atoms with Gasteiger partial charge in [-0.25, -0.2) is 9.97 Å². The van der Waals surface area contributed by atoms with Crippen LogP contribution in [0.1, 0.15) is 0 Å². The predicted molar refractivity (Wildman–Crippen MR) is 83.9 cm³/mol. The van der Waals surface area contributed by atoms with Crippen LogP contribution >= 0.6 is 15.9 Å². The SMILES string of the molecule is Oc1c(Br)c2nc3ccccc3nc2c2ccccc12. The van der Waals surface area contributed by atoms with Crippen LogP contribution in [0.25, 0.3) is 32.8 Å². The van der Waals surface area contributed by atoms with Gasteiger partial charge in [-0.05, 0) is 28.1 Å². The Kier molecular flexibility index (Phi) is 2.41. The number of aromatic hydroxyl groups is 1. The monoisotopic (exact) mass is 324 g/mol. The van der Waals surface area contributed by atoms with E-state index in [1.54, 1.807) is 0 Å². The number of halogens is 1. The van der Waals surface area contributed by atoms with Gasteiger partial charge in [0, 0.05) is 10.8 Å². The molecule has 1 heterocycles. The molecule has 0 aliphatic carbocycles. The maximum atomic E-state index is 10.3. The summed E-state index contributed by atoms with van der Waals surface area (Å²) in [6.07, 6.45) is 0. The molecular weight excluding hydrogens is 316 g/mol. The lowest BCUT2D eigenvalue weighted by Crippen LogP contribution is -1.90. The van der Waals surface area contributed by atoms with Gasteiger partial charge in [0.1, 0.15) is 11.3 Å². The van der Waals surface area contributed by atoms with Crippen LogP contribution in [0, 0.1) is 0 Å². The number of nitrogens with zero attached hydrogens (tertiary/aromatic N) is 2. The molecule has 20 heavy (non-hydrogen) atoms. The predicted octanol–water partition coefficient (Wildman–Crippen LogP) is 4.40. The average Bonchev–Trinajstić information content (AvgIpc) is 2.51. The Balaban J connectivity index is 2.33. The van der Waals surface area contributed by atoms with Gasteiger partial charge < -0.3 is 5.11 Å². The van der Waals surface area contributed by atoms with E-state index >= 15 is 0 Å². The molecule has 4 rings (SSSR count). The zero-order chi connectivity index (χ0) is 13.7. The number of aromatic nitrogens is 2. The lowest BCUT2D eigenvalue weighted by atomic mass is 10.1. The van der Waals surface area contributed by atoms with Gasteiger partial charge in [-0.1, -0.05) is 36.4 Å². The zero-order valence-corrected chi connectivity index (χ0v) is 11.9. The molecule has 0 atom stereocenters. The van der Waals surface area contributed by atoms with Gasteiger partial charge >= 0.3 is 0 Å². The van der Waals surface area contributed by atoms with Crippen LogP contribution in [-0.4, -0.2) is 15.1 Å². The average molecular weight is 325 g/mol. The van der Waals surface area contributed by atoms with Gasteiger partial charge in [-0.3, -0.25) is 0 Å². The van der Waals surface area contributed by atoms with Crippen molar-refractivity contribution >= 4 is 48.8 Å². The summed E-state index contributed by atoms with van der Waals surface area (Å²) in [6.45, 7) is 0. The molecule has 3 nitrogen and oxygen atoms in total. The first-order chi connectivity index (χ1) is 9.75. The number of hydrogen-bond donors (Lipinski definition) is 1. The molecule has 0 aliphatic rings. The Labute approximate surface area is 123 Å². The number of para-hydroxylation sites is 2. The Morgan fingerprint density at radius 1 is 0.750 bits per heavy atom. The van der Waals surface area contributed by atoms with Crippen molar-refractivity contribution in [2.24, 2.45) is 0 Å². The van der Waals surface area contributed by atoms with E-state index in [1.807, 2.05) is 48.5 Å². The molecule has 0 aliphatic heterocycles. The maximum absolute atomic E-state index is 10.3. The van der Waals surface area contributed by atoms with E-state index in [1.165, 1.54) is 0 Å². The molecule has 96 valence electrons. The first-order valence-electron chi connectivity index (χ1n) is 6.21. The second kappa shape index (κ2) is 4.15. The van der Waals surface area contributed by atoms with Crippen molar-refractivity contribution in [1.29, 1.82) is 0 Å². The molecule has 4 aromatic rings. The van der Waals surface area contributed by atoms with Crippen molar-refractivity contribution < 1.29 is 5.11 Å². The summed E-state index contributed by atoms with van der Waals surface area (Å²) in [4.78, 5) is 9.32. The fourth-order valence-electron chi connectivity index (χ4n) is 2.47. The molecule has 0 amide bonds. The molecule has 0 fully saturated rings. The molecule has 0 radical (unpaired) electrons. The molecule has 0 spiro atoms. The van der Waals surface area contributed by atoms with Gasteiger partial charge in [0.2, 0.25) is 0 Å². The summed E-state index contributed by atoms with van der Waals surface area (Å²) in [7, 11) is 0. The number of phenolic OH excluding ortho intramolecular Hbond substituents is 1. The quantitative estimate of drug-likeness (QED) is 0.385. The molecule has 3 aromatic carbocycles. The van der Waals surface area contributed by atoms with Crippen molar-refractivity contribution in [2.45, 2.75) is 0 Å². The van der Waals surface area contributed by atoms with Crippen LogP contribution < -0.4 is 0 Å². The van der Waals surface area contributed by atoms with E-state index in [4.69, 9.17) is 4.98 Å². The highest BCUT2D eigenvalue weighted by atomic mass is 79.9. The van der Waals surface area contributed by atoms with Gasteiger partial charge in [0.15, 0.2) is 0 Å². The molecule has 0 saturated carbocycles. The maximum Gasteiger partial charge on any atom is 0.139 e. The highest BCUT2D eigenvalue weighted by molar-refractivity contribution is 9.10.